The maximum absolute atomic E-state index is 5.20. The van der Waals surface area contributed by atoms with E-state index in [1.54, 1.807) is 0 Å². The molecular formula is C40H30N4. The number of benzene rings is 4. The van der Waals surface area contributed by atoms with Crippen molar-refractivity contribution < 1.29 is 0 Å². The van der Waals surface area contributed by atoms with Gasteiger partial charge in [0.05, 0.1) is 33.3 Å². The average Bonchev–Trinajstić information content (AvgIpc) is 3.67. The Morgan fingerprint density at radius 3 is 2.32 bits per heavy atom. The molecule has 2 atom stereocenters. The van der Waals surface area contributed by atoms with Crippen LogP contribution >= 0.6 is 0 Å². The van der Waals surface area contributed by atoms with Gasteiger partial charge in [0.15, 0.2) is 5.65 Å². The van der Waals surface area contributed by atoms with Gasteiger partial charge in [0.1, 0.15) is 5.52 Å². The molecule has 0 fully saturated rings. The lowest BCUT2D eigenvalue weighted by Gasteiger charge is -2.18. The minimum Gasteiger partial charge on any atom is -0.313 e. The summed E-state index contributed by atoms with van der Waals surface area (Å²) in [6.45, 7) is 4.60. The molecule has 4 heteroatoms. The summed E-state index contributed by atoms with van der Waals surface area (Å²) in [5.74, 6) is 1.04. The highest BCUT2D eigenvalue weighted by Crippen LogP contribution is 2.43. The molecule has 0 amide bonds. The molecule has 44 heavy (non-hydrogen) atoms. The van der Waals surface area contributed by atoms with Crippen LogP contribution in [0.15, 0.2) is 103 Å². The summed E-state index contributed by atoms with van der Waals surface area (Å²) in [5.41, 5.74) is 14.0. The van der Waals surface area contributed by atoms with Crippen molar-refractivity contribution in [2.24, 2.45) is 11.8 Å². The first-order chi connectivity index (χ1) is 21.6. The molecule has 0 saturated carbocycles. The van der Waals surface area contributed by atoms with E-state index in [-0.39, 0.29) is 0 Å². The van der Waals surface area contributed by atoms with Crippen molar-refractivity contribution in [2.45, 2.75) is 26.7 Å². The maximum atomic E-state index is 5.20. The molecule has 4 heterocycles. The molecular weight excluding hydrogens is 536 g/mol. The summed E-state index contributed by atoms with van der Waals surface area (Å²) < 4.78 is 4.84. The van der Waals surface area contributed by atoms with Crippen molar-refractivity contribution in [3.05, 3.63) is 114 Å². The smallest absolute Gasteiger partial charge is 0.165 e. The van der Waals surface area contributed by atoms with Crippen LogP contribution in [0.1, 0.15) is 31.5 Å². The van der Waals surface area contributed by atoms with E-state index >= 15 is 0 Å². The predicted molar refractivity (Wildman–Crippen MR) is 184 cm³/mol. The first-order valence-corrected chi connectivity index (χ1v) is 15.7. The second-order valence-electron chi connectivity index (χ2n) is 12.9. The van der Waals surface area contributed by atoms with Crippen LogP contribution < -0.4 is 0 Å². The molecule has 4 aromatic heterocycles. The number of rotatable bonds is 2. The van der Waals surface area contributed by atoms with Gasteiger partial charge >= 0.3 is 0 Å². The zero-order valence-electron chi connectivity index (χ0n) is 24.8. The number of aromatic nitrogens is 4. The van der Waals surface area contributed by atoms with E-state index < -0.39 is 0 Å². The fraction of sp³-hybridized carbons (Fsp3) is 0.150. The van der Waals surface area contributed by atoms with Gasteiger partial charge in [-0.05, 0) is 96.0 Å². The summed E-state index contributed by atoms with van der Waals surface area (Å²) in [6.07, 6.45) is 13.5. The molecule has 210 valence electrons. The predicted octanol–water partition coefficient (Wildman–Crippen LogP) is 10.0. The van der Waals surface area contributed by atoms with Gasteiger partial charge in [-0.15, -0.1) is 0 Å². The van der Waals surface area contributed by atoms with Gasteiger partial charge in [-0.3, -0.25) is 4.40 Å². The largest absolute Gasteiger partial charge is 0.313 e. The molecule has 0 N–H and O–H groups in total. The summed E-state index contributed by atoms with van der Waals surface area (Å²) in [4.78, 5) is 10.4. The monoisotopic (exact) mass is 566 g/mol. The van der Waals surface area contributed by atoms with Crippen LogP contribution in [0.25, 0.3) is 83.2 Å². The van der Waals surface area contributed by atoms with Gasteiger partial charge in [-0.1, -0.05) is 68.5 Å². The molecule has 4 aromatic carbocycles. The number of nitrogens with zero attached hydrogens (tertiary/aromatic N) is 4. The summed E-state index contributed by atoms with van der Waals surface area (Å²) in [7, 11) is 0. The highest BCUT2D eigenvalue weighted by molar-refractivity contribution is 6.17. The van der Waals surface area contributed by atoms with Gasteiger partial charge in [0.25, 0.3) is 0 Å². The van der Waals surface area contributed by atoms with Gasteiger partial charge in [-0.2, -0.15) is 0 Å². The van der Waals surface area contributed by atoms with E-state index in [1.165, 1.54) is 66.2 Å². The van der Waals surface area contributed by atoms with E-state index in [4.69, 9.17) is 9.97 Å². The topological polar surface area (TPSA) is 35.1 Å². The highest BCUT2D eigenvalue weighted by Gasteiger charge is 2.26. The fourth-order valence-electron chi connectivity index (χ4n) is 7.88. The van der Waals surface area contributed by atoms with Gasteiger partial charge < -0.3 is 4.57 Å². The molecule has 2 aliphatic rings. The number of hydrogen-bond acceptors (Lipinski definition) is 2. The normalized spacial score (nSPS) is 18.5. The number of para-hydroxylation sites is 3. The standard InChI is InChI=1S/C40H30N4/c1-23-8-7-9-27(18-23)43-35-13-6-3-10-28(35)30-20-25(15-17-36(30)43)26-21-31-29-19-24(2)14-16-37(29)44-39(31)32(22-26)38-40(44)42-34-12-5-4-11-33(34)41-38/h3-17,20-24H,18-19H2,1-2H3. The molecule has 0 aliphatic heterocycles. The molecule has 2 unspecified atom stereocenters. The quantitative estimate of drug-likeness (QED) is 0.209. The van der Waals surface area contributed by atoms with E-state index in [1.807, 2.05) is 12.1 Å². The molecule has 0 spiro atoms. The lowest BCUT2D eigenvalue weighted by Crippen LogP contribution is -2.04. The van der Waals surface area contributed by atoms with Crippen LogP contribution in [0, 0.1) is 11.8 Å². The van der Waals surface area contributed by atoms with E-state index in [9.17, 15) is 0 Å². The average molecular weight is 567 g/mol. The molecule has 4 nitrogen and oxygen atoms in total. The molecule has 0 saturated heterocycles. The SMILES string of the molecule is CC1C=CC=C(n2c3ccccc3c3cc(-c4cc5c6c(n7c8nc9ccccc9nc8c(c4)c57)C=CC(C)C6)ccc32)C1. The second-order valence-corrected chi connectivity index (χ2v) is 12.9. The summed E-state index contributed by atoms with van der Waals surface area (Å²) in [5, 5.41) is 5.09. The maximum Gasteiger partial charge on any atom is 0.165 e. The van der Waals surface area contributed by atoms with Gasteiger partial charge in [0, 0.05) is 27.2 Å². The van der Waals surface area contributed by atoms with Crippen LogP contribution in [0.4, 0.5) is 0 Å². The first-order valence-electron chi connectivity index (χ1n) is 15.7. The third-order valence-electron chi connectivity index (χ3n) is 9.89. The molecule has 0 radical (unpaired) electrons. The number of allylic oxidation sites excluding steroid dienone is 5. The van der Waals surface area contributed by atoms with Crippen molar-refractivity contribution in [1.82, 2.24) is 18.9 Å². The van der Waals surface area contributed by atoms with Crippen LogP contribution in [0.5, 0.6) is 0 Å². The fourth-order valence-corrected chi connectivity index (χ4v) is 7.88. The Balaban J connectivity index is 1.27. The lowest BCUT2D eigenvalue weighted by molar-refractivity contribution is 0.719. The Hall–Kier alpha value is -5.22. The van der Waals surface area contributed by atoms with Crippen molar-refractivity contribution in [3.63, 3.8) is 0 Å². The third-order valence-corrected chi connectivity index (χ3v) is 9.89. The minimum atomic E-state index is 0.504. The van der Waals surface area contributed by atoms with E-state index in [2.05, 4.69) is 120 Å². The second kappa shape index (κ2) is 8.67. The highest BCUT2D eigenvalue weighted by atomic mass is 15.0. The van der Waals surface area contributed by atoms with Crippen LogP contribution in [0.2, 0.25) is 0 Å². The van der Waals surface area contributed by atoms with E-state index in [0.29, 0.717) is 11.8 Å². The Morgan fingerprint density at radius 2 is 1.43 bits per heavy atom. The minimum absolute atomic E-state index is 0.504. The van der Waals surface area contributed by atoms with Gasteiger partial charge in [-0.25, -0.2) is 9.97 Å². The lowest BCUT2D eigenvalue weighted by atomic mass is 9.91. The Labute approximate surface area is 254 Å². The van der Waals surface area contributed by atoms with Crippen molar-refractivity contribution in [2.75, 3.05) is 0 Å². The molecule has 10 rings (SSSR count). The van der Waals surface area contributed by atoms with Gasteiger partial charge in [0.2, 0.25) is 0 Å². The van der Waals surface area contributed by atoms with E-state index in [0.717, 1.165) is 35.0 Å². The third kappa shape index (κ3) is 3.23. The van der Waals surface area contributed by atoms with Crippen LogP contribution in [-0.4, -0.2) is 18.9 Å². The summed E-state index contributed by atoms with van der Waals surface area (Å²) in [6, 6.07) is 28.9. The van der Waals surface area contributed by atoms with Crippen molar-refractivity contribution in [1.29, 1.82) is 0 Å². The Bertz CT molecular complexity index is 2590. The zero-order valence-corrected chi connectivity index (χ0v) is 24.8. The molecule has 8 aromatic rings. The Kier molecular flexibility index (Phi) is 4.78. The van der Waals surface area contributed by atoms with Crippen LogP contribution in [0.3, 0.4) is 0 Å². The zero-order chi connectivity index (χ0) is 29.1. The molecule has 2 aliphatic carbocycles. The van der Waals surface area contributed by atoms with Crippen LogP contribution in [-0.2, 0) is 6.42 Å². The molecule has 0 bridgehead atoms. The first kappa shape index (κ1) is 24.2. The number of fused-ring (bicyclic) bond motifs is 10. The Morgan fingerprint density at radius 1 is 0.682 bits per heavy atom. The summed E-state index contributed by atoms with van der Waals surface area (Å²) >= 11 is 0. The number of hydrogen-bond donors (Lipinski definition) is 0. The van der Waals surface area contributed by atoms with Crippen molar-refractivity contribution >= 4 is 72.1 Å². The van der Waals surface area contributed by atoms with Crippen molar-refractivity contribution in [3.8, 4) is 11.1 Å².